The molecule has 0 aromatic rings. The molecule has 1 rings (SSSR count). The van der Waals surface area contributed by atoms with Gasteiger partial charge in [-0.05, 0) is 8.57 Å². The second-order valence-electron chi connectivity index (χ2n) is 0.577. The van der Waals surface area contributed by atoms with Crippen molar-refractivity contribution < 1.29 is 17.9 Å². The number of rotatable bonds is 0. The molecule has 1 fully saturated rings. The highest BCUT2D eigenvalue weighted by Gasteiger charge is 2.40. The Balaban J connectivity index is 2.47. The molecule has 1 aliphatic rings. The minimum atomic E-state index is -1.81. The Morgan fingerprint density at radius 2 is 2.00 bits per heavy atom. The average molecular weight is 110 g/mol. The molecule has 1 saturated heterocycles. The molecule has 6 heavy (non-hydrogen) atoms. The zero-order chi connectivity index (χ0) is 4.57. The van der Waals surface area contributed by atoms with E-state index in [1.54, 1.807) is 0 Å². The lowest BCUT2D eigenvalue weighted by atomic mass is 13.1. The second-order valence-corrected chi connectivity index (χ2v) is 1.28. The second kappa shape index (κ2) is 0.904. The normalized spacial score (nSPS) is 21.0. The van der Waals surface area contributed by atoms with Gasteiger partial charge in [0.2, 0.25) is 0 Å². The third kappa shape index (κ3) is 0.342. The zero-order valence-corrected chi connectivity index (χ0v) is 3.30. The Kier molecular flexibility index (Phi) is 0.533. The van der Waals surface area contributed by atoms with Gasteiger partial charge in [0.05, 0.1) is 0 Å². The molecule has 0 atom stereocenters. The fourth-order valence-corrected chi connectivity index (χ4v) is 0.315. The highest BCUT2D eigenvalue weighted by molar-refractivity contribution is 7.75. The molecule has 1 heterocycles. The van der Waals surface area contributed by atoms with Crippen LogP contribution in [0.4, 0.5) is 0 Å². The van der Waals surface area contributed by atoms with E-state index in [2.05, 4.69) is 8.57 Å². The van der Waals surface area contributed by atoms with Gasteiger partial charge in [-0.25, -0.2) is 0 Å². The molecular formula is NO4S+. The Bertz CT molecular complexity index is 84.1. The van der Waals surface area contributed by atoms with Gasteiger partial charge in [-0.1, -0.05) is 0 Å². The molecule has 5 nitrogen and oxygen atoms in total. The van der Waals surface area contributed by atoms with Gasteiger partial charge in [0.15, 0.2) is 0 Å². The molecule has 1 aliphatic heterocycles. The van der Waals surface area contributed by atoms with Crippen LogP contribution >= 0.6 is 0 Å². The molecular weight excluding hydrogens is 110 g/mol. The van der Waals surface area contributed by atoms with Crippen molar-refractivity contribution in [3.63, 3.8) is 0 Å². The summed E-state index contributed by atoms with van der Waals surface area (Å²) in [5, 5.41) is -0.226. The summed E-state index contributed by atoms with van der Waals surface area (Å²) in [6, 6.07) is 0. The van der Waals surface area contributed by atoms with E-state index in [4.69, 9.17) is 0 Å². The van der Waals surface area contributed by atoms with E-state index in [1.807, 2.05) is 0 Å². The van der Waals surface area contributed by atoms with Crippen molar-refractivity contribution in [1.82, 2.24) is 0 Å². The third-order valence-corrected chi connectivity index (χ3v) is 0.730. The number of hydrogen-bond donors (Lipinski definition) is 0. The Labute approximate surface area is 35.2 Å². The van der Waals surface area contributed by atoms with Crippen molar-refractivity contribution in [3.8, 4) is 0 Å². The molecule has 0 aromatic carbocycles. The fourth-order valence-electron chi connectivity index (χ4n) is 0.105. The Morgan fingerprint density at radius 3 is 2.00 bits per heavy atom. The Morgan fingerprint density at radius 1 is 1.50 bits per heavy atom. The minimum absolute atomic E-state index is 0.226. The van der Waals surface area contributed by atoms with Gasteiger partial charge < -0.3 is 0 Å². The van der Waals surface area contributed by atoms with Crippen LogP contribution in [0.1, 0.15) is 0 Å². The standard InChI is InChI=1S/NO4S/c2-1-4-6(3)5-1/q+1. The highest BCUT2D eigenvalue weighted by atomic mass is 32.2. The highest BCUT2D eigenvalue weighted by Crippen LogP contribution is 2.01. The SMILES string of the molecule is O=[N+]1OS(=O)O1. The van der Waals surface area contributed by atoms with Crippen molar-refractivity contribution in [2.24, 2.45) is 0 Å². The molecule has 0 amide bonds. The first-order valence-electron chi connectivity index (χ1n) is 1.05. The van der Waals surface area contributed by atoms with Gasteiger partial charge in [0, 0.05) is 0 Å². The van der Waals surface area contributed by atoms with Gasteiger partial charge in [0.1, 0.15) is 4.91 Å². The zero-order valence-electron chi connectivity index (χ0n) is 2.49. The molecule has 0 spiro atoms. The summed E-state index contributed by atoms with van der Waals surface area (Å²) < 4.78 is 16.9. The first kappa shape index (κ1) is 3.54. The number of nitrogens with zero attached hydrogens (tertiary/aromatic N) is 1. The Hall–Kier alpha value is -0.650. The van der Waals surface area contributed by atoms with E-state index in [9.17, 15) is 9.12 Å². The largest absolute Gasteiger partial charge is 0.558 e. The summed E-state index contributed by atoms with van der Waals surface area (Å²) in [4.78, 5) is 9.39. The molecule has 0 aliphatic carbocycles. The quantitative estimate of drug-likeness (QED) is 0.410. The monoisotopic (exact) mass is 110 g/mol. The minimum Gasteiger partial charge on any atom is -0.160 e. The fraction of sp³-hybridized carbons (Fsp3) is 0. The van der Waals surface area contributed by atoms with Crippen LogP contribution in [0.3, 0.4) is 0 Å². The molecule has 0 bridgehead atoms. The van der Waals surface area contributed by atoms with Gasteiger partial charge in [-0.3, -0.25) is 0 Å². The van der Waals surface area contributed by atoms with E-state index in [1.165, 1.54) is 0 Å². The van der Waals surface area contributed by atoms with Crippen LogP contribution in [0.2, 0.25) is 0 Å². The van der Waals surface area contributed by atoms with E-state index in [0.29, 0.717) is 0 Å². The maximum absolute atomic E-state index is 9.53. The van der Waals surface area contributed by atoms with Crippen molar-refractivity contribution in [3.05, 3.63) is 4.91 Å². The van der Waals surface area contributed by atoms with E-state index in [0.717, 1.165) is 0 Å². The summed E-state index contributed by atoms with van der Waals surface area (Å²) in [5.41, 5.74) is 0. The predicted molar refractivity (Wildman–Crippen MR) is 13.9 cm³/mol. The van der Waals surface area contributed by atoms with Gasteiger partial charge >= 0.3 is 16.4 Å². The first-order chi connectivity index (χ1) is 2.79. The van der Waals surface area contributed by atoms with Crippen LogP contribution in [-0.2, 0) is 19.9 Å². The molecule has 0 unspecified atom stereocenters. The van der Waals surface area contributed by atoms with Crippen molar-refractivity contribution in [2.75, 3.05) is 0 Å². The van der Waals surface area contributed by atoms with Crippen LogP contribution < -0.4 is 0 Å². The van der Waals surface area contributed by atoms with Crippen molar-refractivity contribution in [2.45, 2.75) is 0 Å². The van der Waals surface area contributed by atoms with Crippen molar-refractivity contribution in [1.29, 1.82) is 0 Å². The van der Waals surface area contributed by atoms with Gasteiger partial charge in [-0.15, -0.1) is 0 Å². The number of hydrogen-bond acceptors (Lipinski definition) is 4. The lowest BCUT2D eigenvalue weighted by molar-refractivity contribution is -0.964. The molecule has 0 aromatic heterocycles. The third-order valence-electron chi connectivity index (χ3n) is 0.243. The molecule has 34 valence electrons. The lowest BCUT2D eigenvalue weighted by Crippen LogP contribution is -2.25. The molecule has 0 N–H and O–H groups in total. The van der Waals surface area contributed by atoms with Gasteiger partial charge in [-0.2, -0.15) is 4.21 Å². The van der Waals surface area contributed by atoms with E-state index in [-0.39, 0.29) is 5.09 Å². The predicted octanol–water partition coefficient (Wildman–Crippen LogP) is -0.779. The summed E-state index contributed by atoms with van der Waals surface area (Å²) in [7, 11) is 0. The summed E-state index contributed by atoms with van der Waals surface area (Å²) >= 11 is -1.81. The molecule has 0 saturated carbocycles. The van der Waals surface area contributed by atoms with Crippen LogP contribution in [0.15, 0.2) is 0 Å². The summed E-state index contributed by atoms with van der Waals surface area (Å²) in [6.07, 6.45) is 0. The van der Waals surface area contributed by atoms with E-state index >= 15 is 0 Å². The van der Waals surface area contributed by atoms with Crippen LogP contribution in [0.5, 0.6) is 0 Å². The first-order valence-corrected chi connectivity index (χ1v) is 2.05. The summed E-state index contributed by atoms with van der Waals surface area (Å²) in [6.45, 7) is 0. The van der Waals surface area contributed by atoms with Crippen LogP contribution in [0.25, 0.3) is 0 Å². The topological polar surface area (TPSA) is 55.6 Å². The van der Waals surface area contributed by atoms with Crippen LogP contribution in [-0.4, -0.2) is 9.30 Å². The average Bonchev–Trinajstić information content (AvgIpc) is 1.33. The lowest BCUT2D eigenvalue weighted by Gasteiger charge is -1.88. The molecule has 0 radical (unpaired) electrons. The summed E-state index contributed by atoms with van der Waals surface area (Å²) in [5.74, 6) is 0. The van der Waals surface area contributed by atoms with E-state index < -0.39 is 11.4 Å². The maximum atomic E-state index is 9.53. The smallest absolute Gasteiger partial charge is 0.160 e. The maximum Gasteiger partial charge on any atom is 0.558 e. The van der Waals surface area contributed by atoms with Crippen LogP contribution in [0, 0.1) is 4.91 Å². The van der Waals surface area contributed by atoms with Crippen molar-refractivity contribution >= 4 is 11.4 Å². The molecule has 6 heteroatoms. The van der Waals surface area contributed by atoms with Gasteiger partial charge in [0.25, 0.3) is 0 Å².